The second-order valence-electron chi connectivity index (χ2n) is 12.7. The normalized spacial score (nSPS) is 19.6. The van der Waals surface area contributed by atoms with Gasteiger partial charge in [0, 0.05) is 19.9 Å². The number of nitrogens with two attached hydrogens (primary N) is 2. The number of hydrogen-bond donors (Lipinski definition) is 6. The van der Waals surface area contributed by atoms with Crippen LogP contribution in [0.15, 0.2) is 65.7 Å². The zero-order chi connectivity index (χ0) is 36.9. The molecule has 2 bridgehead atoms. The molecule has 0 fully saturated rings. The van der Waals surface area contributed by atoms with Crippen molar-refractivity contribution in [2.45, 2.75) is 77.0 Å². The molecule has 0 spiro atoms. The summed E-state index contributed by atoms with van der Waals surface area (Å²) in [5, 5.41) is 11.4. The molecule has 0 radical (unpaired) electrons. The summed E-state index contributed by atoms with van der Waals surface area (Å²) in [6.07, 6.45) is 4.54. The summed E-state index contributed by atoms with van der Waals surface area (Å²) in [5.74, 6) is -2.02. The van der Waals surface area contributed by atoms with E-state index in [1.807, 2.05) is 32.0 Å². The molecular formula is C36H46N8O6S. The summed E-state index contributed by atoms with van der Waals surface area (Å²) in [4.78, 5) is 75.7. The first-order valence-electron chi connectivity index (χ1n) is 16.9. The number of thiazole rings is 1. The van der Waals surface area contributed by atoms with E-state index in [4.69, 9.17) is 16.2 Å². The molecule has 51 heavy (non-hydrogen) atoms. The predicted molar refractivity (Wildman–Crippen MR) is 196 cm³/mol. The Morgan fingerprint density at radius 3 is 2.47 bits per heavy atom. The number of nitrogens with one attached hydrogen (secondary N) is 4. The fourth-order valence-corrected chi connectivity index (χ4v) is 6.47. The fraction of sp³-hybridized carbons (Fsp3) is 0.417. The number of nitrogens with zero attached hydrogens (tertiary/aromatic N) is 2. The smallest absolute Gasteiger partial charge is 0.243 e. The van der Waals surface area contributed by atoms with Gasteiger partial charge >= 0.3 is 0 Å². The van der Waals surface area contributed by atoms with E-state index in [-0.39, 0.29) is 61.5 Å². The van der Waals surface area contributed by atoms with Crippen LogP contribution < -0.4 is 37.5 Å². The number of ketones is 1. The highest BCUT2D eigenvalue weighted by Crippen LogP contribution is 2.23. The Morgan fingerprint density at radius 1 is 1.04 bits per heavy atom. The molecule has 2 aromatic carbocycles. The van der Waals surface area contributed by atoms with Gasteiger partial charge < -0.3 is 37.5 Å². The molecule has 0 aliphatic carbocycles. The number of amides is 4. The third-order valence-electron chi connectivity index (χ3n) is 8.00. The number of benzene rings is 2. The number of rotatable bonds is 11. The van der Waals surface area contributed by atoms with E-state index >= 15 is 0 Å². The summed E-state index contributed by atoms with van der Waals surface area (Å²) in [6.45, 7) is 5.56. The van der Waals surface area contributed by atoms with Crippen LogP contribution in [0.3, 0.4) is 0 Å². The first-order valence-corrected chi connectivity index (χ1v) is 17.7. The van der Waals surface area contributed by atoms with E-state index < -0.39 is 47.8 Å². The fourth-order valence-electron chi connectivity index (χ4n) is 5.51. The van der Waals surface area contributed by atoms with Crippen LogP contribution >= 0.6 is 11.3 Å². The van der Waals surface area contributed by atoms with Crippen molar-refractivity contribution < 1.29 is 28.7 Å². The van der Waals surface area contributed by atoms with Gasteiger partial charge in [0.05, 0.1) is 16.3 Å². The number of carbonyl (C=O) groups excluding carboxylic acids is 5. The summed E-state index contributed by atoms with van der Waals surface area (Å²) >= 11 is 1.23. The van der Waals surface area contributed by atoms with Gasteiger partial charge in [-0.1, -0.05) is 50.3 Å². The van der Waals surface area contributed by atoms with Gasteiger partial charge in [0.25, 0.3) is 0 Å². The third-order valence-corrected chi connectivity index (χ3v) is 9.05. The van der Waals surface area contributed by atoms with Crippen LogP contribution in [0.25, 0.3) is 10.2 Å². The van der Waals surface area contributed by atoms with Crippen molar-refractivity contribution in [2.75, 3.05) is 13.2 Å². The highest BCUT2D eigenvalue weighted by atomic mass is 32.1. The first kappa shape index (κ1) is 38.5. The lowest BCUT2D eigenvalue weighted by molar-refractivity contribution is -0.133. The standard InChI is InChI=1S/C36H46N8O6S/c1-21(2)19-28-33(48)42-27(10-6-7-18-50-24-15-13-23(14-16-24)20-29(34(49)43-28)40-22(3)45)32(47)41-26(11-8-17-39-36(37)38)31(46)35-44-25-9-4-5-12-30(25)51-35/h4-7,9,12-16,21,26-29H,8,10-11,17-20H2,1-3H3,(H,40,45)(H,41,47)(H,42,48)(H,43,49)(H4,37,38,39)/b7-6-/t26-,27-,28-,29-/m0/s1. The molecule has 1 aromatic heterocycles. The van der Waals surface area contributed by atoms with Crippen LogP contribution in [0.4, 0.5) is 0 Å². The van der Waals surface area contributed by atoms with Crippen molar-refractivity contribution in [3.63, 3.8) is 0 Å². The van der Waals surface area contributed by atoms with Crippen LogP contribution in [0.2, 0.25) is 0 Å². The molecular weight excluding hydrogens is 673 g/mol. The minimum absolute atomic E-state index is 0.00716. The molecule has 0 saturated carbocycles. The van der Waals surface area contributed by atoms with Crippen LogP contribution in [0, 0.1) is 5.92 Å². The summed E-state index contributed by atoms with van der Waals surface area (Å²) in [7, 11) is 0. The monoisotopic (exact) mass is 718 g/mol. The summed E-state index contributed by atoms with van der Waals surface area (Å²) in [5.41, 5.74) is 12.4. The van der Waals surface area contributed by atoms with Crippen molar-refractivity contribution in [1.29, 1.82) is 0 Å². The van der Waals surface area contributed by atoms with Gasteiger partial charge in [-0.05, 0) is 61.4 Å². The second kappa shape index (κ2) is 18.6. The van der Waals surface area contributed by atoms with Crippen LogP contribution in [-0.2, 0) is 25.6 Å². The van der Waals surface area contributed by atoms with E-state index in [1.165, 1.54) is 18.3 Å². The lowest BCUT2D eigenvalue weighted by Gasteiger charge is -2.27. The average Bonchev–Trinajstić information content (AvgIpc) is 3.52. The zero-order valence-electron chi connectivity index (χ0n) is 29.0. The number of fused-ring (bicyclic) bond motifs is 14. The Balaban J connectivity index is 1.62. The largest absolute Gasteiger partial charge is 0.490 e. The van der Waals surface area contributed by atoms with Gasteiger partial charge in [0.1, 0.15) is 30.5 Å². The van der Waals surface area contributed by atoms with Crippen molar-refractivity contribution in [2.24, 2.45) is 22.4 Å². The zero-order valence-corrected chi connectivity index (χ0v) is 29.8. The second-order valence-corrected chi connectivity index (χ2v) is 13.8. The molecule has 2 aliphatic rings. The van der Waals surface area contributed by atoms with Crippen LogP contribution in [0.1, 0.15) is 61.8 Å². The lowest BCUT2D eigenvalue weighted by Crippen LogP contribution is -2.58. The minimum Gasteiger partial charge on any atom is -0.490 e. The Morgan fingerprint density at radius 2 is 1.78 bits per heavy atom. The molecule has 15 heteroatoms. The predicted octanol–water partition coefficient (Wildman–Crippen LogP) is 2.12. The number of guanidine groups is 1. The van der Waals surface area contributed by atoms with Crippen LogP contribution in [-0.4, -0.2) is 77.7 Å². The molecule has 0 unspecified atom stereocenters. The number of para-hydroxylation sites is 1. The van der Waals surface area contributed by atoms with Gasteiger partial charge in [-0.25, -0.2) is 4.98 Å². The molecule has 2 aliphatic heterocycles. The van der Waals surface area contributed by atoms with E-state index in [0.717, 1.165) is 10.3 Å². The molecule has 14 nitrogen and oxygen atoms in total. The van der Waals surface area contributed by atoms with Gasteiger partial charge in [-0.3, -0.25) is 29.0 Å². The number of carbonyl (C=O) groups is 5. The van der Waals surface area contributed by atoms with Crippen molar-refractivity contribution in [3.05, 3.63) is 71.3 Å². The number of aliphatic imine (C=N–C) groups is 1. The Bertz CT molecular complexity index is 1720. The summed E-state index contributed by atoms with van der Waals surface area (Å²) < 4.78 is 6.64. The molecule has 5 rings (SSSR count). The van der Waals surface area contributed by atoms with Crippen molar-refractivity contribution in [1.82, 2.24) is 26.3 Å². The number of ether oxygens (including phenoxy) is 1. The maximum atomic E-state index is 14.0. The SMILES string of the molecule is CC(=O)N[C@H]1Cc2ccc(cc2)OC/C=C\C[C@@H](C(=O)N[C@@H](CCCN=C(N)N)C(=O)c2nc3ccccc3s2)NC(=O)[C@H](CC(C)C)NC1=O. The highest BCUT2D eigenvalue weighted by Gasteiger charge is 2.32. The van der Waals surface area contributed by atoms with E-state index in [9.17, 15) is 24.0 Å². The molecule has 272 valence electrons. The molecule has 3 heterocycles. The highest BCUT2D eigenvalue weighted by molar-refractivity contribution is 7.20. The Kier molecular flexibility index (Phi) is 14.1. The summed E-state index contributed by atoms with van der Waals surface area (Å²) in [6, 6.07) is 10.4. The van der Waals surface area contributed by atoms with Gasteiger partial charge in [-0.15, -0.1) is 11.3 Å². The molecule has 0 saturated heterocycles. The van der Waals surface area contributed by atoms with Gasteiger partial charge in [0.15, 0.2) is 11.0 Å². The number of hydrogen-bond acceptors (Lipinski definition) is 9. The molecule has 8 N–H and O–H groups in total. The number of Topliss-reactive ketones (excluding diaryl/α,β-unsaturated/α-hetero) is 1. The number of aromatic nitrogens is 1. The van der Waals surface area contributed by atoms with Gasteiger partial charge in [0.2, 0.25) is 29.4 Å². The lowest BCUT2D eigenvalue weighted by atomic mass is 10.00. The maximum Gasteiger partial charge on any atom is 0.243 e. The van der Waals surface area contributed by atoms with Gasteiger partial charge in [-0.2, -0.15) is 0 Å². The van der Waals surface area contributed by atoms with Crippen molar-refractivity contribution in [3.8, 4) is 5.75 Å². The van der Waals surface area contributed by atoms with E-state index in [1.54, 1.807) is 42.5 Å². The third kappa shape index (κ3) is 11.9. The van der Waals surface area contributed by atoms with Crippen molar-refractivity contribution >= 4 is 56.9 Å². The minimum atomic E-state index is -1.12. The van der Waals surface area contributed by atoms with E-state index in [2.05, 4.69) is 31.2 Å². The molecule has 3 aromatic rings. The quantitative estimate of drug-likeness (QED) is 0.0561. The van der Waals surface area contributed by atoms with Crippen LogP contribution in [0.5, 0.6) is 5.75 Å². The Labute approximate surface area is 300 Å². The Hall–Kier alpha value is -5.31. The molecule has 4 atom stereocenters. The molecule has 4 amide bonds. The average molecular weight is 719 g/mol. The maximum absolute atomic E-state index is 14.0. The van der Waals surface area contributed by atoms with E-state index in [0.29, 0.717) is 17.7 Å². The topological polar surface area (TPSA) is 220 Å². The first-order chi connectivity index (χ1) is 24.4.